The summed E-state index contributed by atoms with van der Waals surface area (Å²) in [4.78, 5) is 22.4. The molecular formula is C20H18FN7O2. The van der Waals surface area contributed by atoms with Crippen LogP contribution in [0.25, 0.3) is 10.9 Å². The van der Waals surface area contributed by atoms with Crippen LogP contribution in [0.1, 0.15) is 33.7 Å². The number of likely N-dealkylation sites (tertiary alicyclic amines) is 1. The number of aromatic nitrogens is 5. The van der Waals surface area contributed by atoms with Gasteiger partial charge in [-0.15, -0.1) is 0 Å². The van der Waals surface area contributed by atoms with E-state index in [0.29, 0.717) is 52.8 Å². The van der Waals surface area contributed by atoms with Crippen molar-refractivity contribution >= 4 is 22.6 Å². The van der Waals surface area contributed by atoms with Crippen LogP contribution in [-0.2, 0) is 6.54 Å². The van der Waals surface area contributed by atoms with Crippen LogP contribution >= 0.6 is 0 Å². The second-order valence-corrected chi connectivity index (χ2v) is 7.29. The predicted octanol–water partition coefficient (Wildman–Crippen LogP) is 2.13. The Morgan fingerprint density at radius 2 is 2.17 bits per heavy atom. The summed E-state index contributed by atoms with van der Waals surface area (Å²) in [7, 11) is 0. The lowest BCUT2D eigenvalue weighted by atomic mass is 9.93. The van der Waals surface area contributed by atoms with Gasteiger partial charge in [0.15, 0.2) is 5.82 Å². The highest BCUT2D eigenvalue weighted by Crippen LogP contribution is 2.34. The highest BCUT2D eigenvalue weighted by Gasteiger charge is 2.36. The van der Waals surface area contributed by atoms with Crippen molar-refractivity contribution in [2.45, 2.75) is 19.4 Å². The molecule has 0 spiro atoms. The lowest BCUT2D eigenvalue weighted by Crippen LogP contribution is -2.48. The largest absolute Gasteiger partial charge is 0.384 e. The number of hydrogen-bond acceptors (Lipinski definition) is 7. The summed E-state index contributed by atoms with van der Waals surface area (Å²) >= 11 is 0. The third kappa shape index (κ3) is 3.06. The lowest BCUT2D eigenvalue weighted by Gasteiger charge is -2.38. The zero-order chi connectivity index (χ0) is 20.8. The standard InChI is InChI=1S/C20H18FN7O2/c1-11-24-17(30-26-11)10-28-15-4-2-3-14(21)18(15)19(25-28)13-8-27(9-13)20(29)12-5-6-23-16(22)7-12/h2-7,13H,8-10H2,1H3,(H2,22,23). The van der Waals surface area contributed by atoms with Crippen molar-refractivity contribution in [3.05, 3.63) is 65.3 Å². The molecule has 1 fully saturated rings. The molecule has 0 atom stereocenters. The summed E-state index contributed by atoms with van der Waals surface area (Å²) in [6, 6.07) is 8.03. The third-order valence-corrected chi connectivity index (χ3v) is 5.19. The number of nitrogens with two attached hydrogens (primary N) is 1. The van der Waals surface area contributed by atoms with Crippen molar-refractivity contribution in [2.24, 2.45) is 0 Å². The van der Waals surface area contributed by atoms with E-state index in [9.17, 15) is 9.18 Å². The quantitative estimate of drug-likeness (QED) is 0.551. The number of carbonyl (C=O) groups excluding carboxylic acids is 1. The van der Waals surface area contributed by atoms with Crippen molar-refractivity contribution in [3.8, 4) is 0 Å². The molecule has 1 saturated heterocycles. The Balaban J connectivity index is 1.42. The topological polar surface area (TPSA) is 116 Å². The first-order chi connectivity index (χ1) is 14.5. The molecular weight excluding hydrogens is 389 g/mol. The summed E-state index contributed by atoms with van der Waals surface area (Å²) < 4.78 is 21.5. The number of halogens is 1. The minimum atomic E-state index is -0.345. The number of benzene rings is 1. The Kier molecular flexibility index (Phi) is 4.19. The van der Waals surface area contributed by atoms with Gasteiger partial charge in [-0.2, -0.15) is 10.1 Å². The Bertz CT molecular complexity index is 1260. The van der Waals surface area contributed by atoms with Crippen LogP contribution in [0.2, 0.25) is 0 Å². The molecule has 1 aromatic carbocycles. The first-order valence-corrected chi connectivity index (χ1v) is 9.44. The van der Waals surface area contributed by atoms with E-state index in [-0.39, 0.29) is 24.2 Å². The number of anilines is 1. The molecule has 0 saturated carbocycles. The zero-order valence-electron chi connectivity index (χ0n) is 16.1. The second kappa shape index (κ2) is 6.90. The Hall–Kier alpha value is -3.82. The van der Waals surface area contributed by atoms with Crippen LogP contribution in [0.4, 0.5) is 10.2 Å². The van der Waals surface area contributed by atoms with Crippen molar-refractivity contribution in [1.29, 1.82) is 0 Å². The van der Waals surface area contributed by atoms with Crippen molar-refractivity contribution < 1.29 is 13.7 Å². The van der Waals surface area contributed by atoms with E-state index in [1.165, 1.54) is 12.3 Å². The van der Waals surface area contributed by atoms with Gasteiger partial charge in [0.1, 0.15) is 18.2 Å². The maximum absolute atomic E-state index is 14.7. The van der Waals surface area contributed by atoms with Gasteiger partial charge in [0.25, 0.3) is 5.91 Å². The number of hydrogen-bond donors (Lipinski definition) is 1. The third-order valence-electron chi connectivity index (χ3n) is 5.19. The maximum atomic E-state index is 14.7. The molecule has 152 valence electrons. The number of aryl methyl sites for hydroxylation is 1. The molecule has 10 heteroatoms. The van der Waals surface area contributed by atoms with Crippen LogP contribution in [0.3, 0.4) is 0 Å². The van der Waals surface area contributed by atoms with Gasteiger partial charge in [-0.1, -0.05) is 11.2 Å². The van der Waals surface area contributed by atoms with Gasteiger partial charge in [0, 0.05) is 30.8 Å². The summed E-state index contributed by atoms with van der Waals surface area (Å²) in [5.74, 6) is 0.665. The van der Waals surface area contributed by atoms with Crippen molar-refractivity contribution in [1.82, 2.24) is 29.8 Å². The fourth-order valence-corrected chi connectivity index (χ4v) is 3.74. The maximum Gasteiger partial charge on any atom is 0.254 e. The van der Waals surface area contributed by atoms with Gasteiger partial charge in [-0.25, -0.2) is 9.37 Å². The van der Waals surface area contributed by atoms with Crippen molar-refractivity contribution in [3.63, 3.8) is 0 Å². The van der Waals surface area contributed by atoms with E-state index in [1.54, 1.807) is 40.8 Å². The fraction of sp³-hybridized carbons (Fsp3) is 0.250. The van der Waals surface area contributed by atoms with Gasteiger partial charge in [0.05, 0.1) is 16.6 Å². The number of carbonyl (C=O) groups is 1. The molecule has 4 aromatic rings. The molecule has 1 aliphatic heterocycles. The minimum Gasteiger partial charge on any atom is -0.384 e. The monoisotopic (exact) mass is 407 g/mol. The summed E-state index contributed by atoms with van der Waals surface area (Å²) in [6.45, 7) is 2.87. The SMILES string of the molecule is Cc1noc(Cn2nc(C3CN(C(=O)c4ccnc(N)c4)C3)c3c(F)cccc32)n1. The van der Waals surface area contributed by atoms with Gasteiger partial charge in [0.2, 0.25) is 5.89 Å². The van der Waals surface area contributed by atoms with Crippen LogP contribution in [0.15, 0.2) is 41.1 Å². The Labute approximate surface area is 170 Å². The Morgan fingerprint density at radius 1 is 1.33 bits per heavy atom. The van der Waals surface area contributed by atoms with Crippen LogP contribution < -0.4 is 5.73 Å². The minimum absolute atomic E-state index is 0.0711. The molecule has 2 N–H and O–H groups in total. The lowest BCUT2D eigenvalue weighted by molar-refractivity contribution is 0.0599. The highest BCUT2D eigenvalue weighted by molar-refractivity contribution is 5.95. The number of amides is 1. The smallest absolute Gasteiger partial charge is 0.254 e. The van der Waals surface area contributed by atoms with Gasteiger partial charge in [-0.3, -0.25) is 9.48 Å². The average molecular weight is 407 g/mol. The summed E-state index contributed by atoms with van der Waals surface area (Å²) in [5.41, 5.74) is 7.42. The number of pyridine rings is 1. The first-order valence-electron chi connectivity index (χ1n) is 9.44. The van der Waals surface area contributed by atoms with E-state index in [2.05, 4.69) is 20.2 Å². The molecule has 30 heavy (non-hydrogen) atoms. The summed E-state index contributed by atoms with van der Waals surface area (Å²) in [6.07, 6.45) is 1.50. The number of rotatable bonds is 4. The number of fused-ring (bicyclic) bond motifs is 1. The van der Waals surface area contributed by atoms with E-state index in [0.717, 1.165) is 0 Å². The first kappa shape index (κ1) is 18.2. The van der Waals surface area contributed by atoms with E-state index >= 15 is 0 Å². The molecule has 1 aliphatic rings. The molecule has 0 bridgehead atoms. The molecule has 3 aromatic heterocycles. The summed E-state index contributed by atoms with van der Waals surface area (Å²) in [5, 5.41) is 8.88. The average Bonchev–Trinajstić information content (AvgIpc) is 3.25. The van der Waals surface area contributed by atoms with Gasteiger partial charge >= 0.3 is 0 Å². The second-order valence-electron chi connectivity index (χ2n) is 7.29. The molecule has 5 rings (SSSR count). The highest BCUT2D eigenvalue weighted by atomic mass is 19.1. The van der Waals surface area contributed by atoms with Crippen LogP contribution in [-0.4, -0.2) is 48.8 Å². The number of nitrogens with zero attached hydrogens (tertiary/aromatic N) is 6. The molecule has 1 amide bonds. The number of nitrogen functional groups attached to an aromatic ring is 1. The van der Waals surface area contributed by atoms with Gasteiger partial charge < -0.3 is 15.2 Å². The fourth-order valence-electron chi connectivity index (χ4n) is 3.74. The van der Waals surface area contributed by atoms with Crippen molar-refractivity contribution in [2.75, 3.05) is 18.8 Å². The molecule has 9 nitrogen and oxygen atoms in total. The normalized spacial score (nSPS) is 14.3. The molecule has 4 heterocycles. The molecule has 0 unspecified atom stereocenters. The van der Waals surface area contributed by atoms with Crippen LogP contribution in [0, 0.1) is 12.7 Å². The Morgan fingerprint density at radius 3 is 2.90 bits per heavy atom. The van der Waals surface area contributed by atoms with E-state index in [4.69, 9.17) is 10.3 Å². The zero-order valence-corrected chi connectivity index (χ0v) is 16.1. The van der Waals surface area contributed by atoms with Crippen LogP contribution in [0.5, 0.6) is 0 Å². The predicted molar refractivity (Wildman–Crippen MR) is 105 cm³/mol. The van der Waals surface area contributed by atoms with E-state index in [1.807, 2.05) is 0 Å². The molecule has 0 aliphatic carbocycles. The molecule has 0 radical (unpaired) electrons. The van der Waals surface area contributed by atoms with Gasteiger partial charge in [-0.05, 0) is 31.2 Å². The van der Waals surface area contributed by atoms with E-state index < -0.39 is 0 Å².